The lowest BCUT2D eigenvalue weighted by molar-refractivity contribution is -0.193. The lowest BCUT2D eigenvalue weighted by Crippen LogP contribution is -2.26. The summed E-state index contributed by atoms with van der Waals surface area (Å²) in [5, 5.41) is 17.8. The van der Waals surface area contributed by atoms with Gasteiger partial charge < -0.3 is 20.1 Å². The Morgan fingerprint density at radius 3 is 2.12 bits per heavy atom. The quantitative estimate of drug-likeness (QED) is 0.143. The number of hydrogen-bond acceptors (Lipinski definition) is 9. The summed E-state index contributed by atoms with van der Waals surface area (Å²) in [6, 6.07) is 17.1. The van der Waals surface area contributed by atoms with Crippen LogP contribution in [0.3, 0.4) is 0 Å². The summed E-state index contributed by atoms with van der Waals surface area (Å²) in [5.74, 6) is -5.51. The average Bonchev–Trinajstić information content (AvgIpc) is 3.81. The van der Waals surface area contributed by atoms with Crippen molar-refractivity contribution in [1.29, 1.82) is 0 Å². The van der Waals surface area contributed by atoms with Gasteiger partial charge in [0.1, 0.15) is 9.22 Å². The number of aromatic amines is 1. The minimum absolute atomic E-state index is 0.320. The van der Waals surface area contributed by atoms with Crippen LogP contribution in [0.15, 0.2) is 76.6 Å². The predicted octanol–water partition coefficient (Wildman–Crippen LogP) is 6.51. The van der Waals surface area contributed by atoms with Crippen LogP contribution in [0, 0.1) is 0 Å². The second-order valence-electron chi connectivity index (χ2n) is 9.88. The summed E-state index contributed by atoms with van der Waals surface area (Å²) in [6.07, 6.45) is -5.53. The number of sulfonamides is 1. The van der Waals surface area contributed by atoms with E-state index in [1.165, 1.54) is 20.5 Å². The van der Waals surface area contributed by atoms with Crippen LogP contribution < -0.4 is 4.31 Å². The molecule has 264 valence electrons. The zero-order chi connectivity index (χ0) is 36.6. The molecular weight excluding hydrogens is 725 g/mol. The molecule has 0 unspecified atom stereocenters. The number of para-hydroxylation sites is 1. The number of H-pyrrole nitrogens is 1. The molecule has 0 saturated heterocycles. The van der Waals surface area contributed by atoms with Crippen molar-refractivity contribution < 1.29 is 54.6 Å². The lowest BCUT2D eigenvalue weighted by Gasteiger charge is -2.19. The molecule has 0 atom stereocenters. The molecule has 11 nitrogen and oxygen atoms in total. The van der Waals surface area contributed by atoms with E-state index in [1.54, 1.807) is 35.9 Å². The number of fused-ring (bicyclic) bond motifs is 1. The van der Waals surface area contributed by atoms with E-state index in [2.05, 4.69) is 26.9 Å². The highest BCUT2D eigenvalue weighted by Crippen LogP contribution is 2.35. The first kappa shape index (κ1) is 38.9. The number of carboxylic acids is 2. The van der Waals surface area contributed by atoms with Crippen LogP contribution in [0.25, 0.3) is 21.6 Å². The molecule has 5 rings (SSSR count). The molecule has 0 fully saturated rings. The summed E-state index contributed by atoms with van der Waals surface area (Å²) in [7, 11) is 0.0669. The number of pyridine rings is 1. The third-order valence-corrected chi connectivity index (χ3v) is 10.4. The molecule has 0 bridgehead atoms. The predicted molar refractivity (Wildman–Crippen MR) is 171 cm³/mol. The molecular formula is C29H27F6N5O6S3. The van der Waals surface area contributed by atoms with Crippen molar-refractivity contribution in [2.45, 2.75) is 29.5 Å². The van der Waals surface area contributed by atoms with Gasteiger partial charge in [-0.15, -0.1) is 22.7 Å². The van der Waals surface area contributed by atoms with Crippen LogP contribution in [-0.4, -0.2) is 83.4 Å². The number of nitrogens with one attached hydrogen (secondary N) is 1. The number of hydrogen-bond donors (Lipinski definition) is 3. The molecule has 20 heteroatoms. The van der Waals surface area contributed by atoms with Gasteiger partial charge in [-0.05, 0) is 42.8 Å². The SMILES string of the molecule is CN(CCc1ccccn1)Cc1cnc(-c2cc3cccc(N(C)S(=O)(=O)c4cccs4)c3[nH]2)s1.O=C(O)C(F)(F)F.O=C(O)C(F)(F)F. The first-order valence-corrected chi connectivity index (χ1v) is 16.7. The molecule has 1 aromatic carbocycles. The smallest absolute Gasteiger partial charge is 0.475 e. The average molecular weight is 752 g/mol. The molecule has 0 aliphatic heterocycles. The summed E-state index contributed by atoms with van der Waals surface area (Å²) in [4.78, 5) is 33.7. The van der Waals surface area contributed by atoms with Gasteiger partial charge in [-0.2, -0.15) is 26.3 Å². The monoisotopic (exact) mass is 751 g/mol. The Hall–Kier alpha value is -4.53. The number of thiazole rings is 1. The maximum absolute atomic E-state index is 13.1. The Morgan fingerprint density at radius 2 is 1.57 bits per heavy atom. The fourth-order valence-electron chi connectivity index (χ4n) is 3.89. The highest BCUT2D eigenvalue weighted by atomic mass is 32.2. The van der Waals surface area contributed by atoms with Gasteiger partial charge in [-0.1, -0.05) is 24.3 Å². The van der Waals surface area contributed by atoms with E-state index in [-0.39, 0.29) is 0 Å². The van der Waals surface area contributed by atoms with Gasteiger partial charge >= 0.3 is 24.3 Å². The van der Waals surface area contributed by atoms with Crippen molar-refractivity contribution >= 4 is 61.2 Å². The summed E-state index contributed by atoms with van der Waals surface area (Å²) in [6.45, 7) is 1.71. The van der Waals surface area contributed by atoms with Crippen molar-refractivity contribution in [2.24, 2.45) is 0 Å². The molecule has 49 heavy (non-hydrogen) atoms. The fraction of sp³-hybridized carbons (Fsp3) is 0.241. The number of alkyl halides is 6. The van der Waals surface area contributed by atoms with Gasteiger partial charge in [-0.25, -0.2) is 23.0 Å². The van der Waals surface area contributed by atoms with Crippen LogP contribution in [0.1, 0.15) is 10.6 Å². The fourth-order valence-corrected chi connectivity index (χ4v) is 7.23. The van der Waals surface area contributed by atoms with Gasteiger partial charge in [0.2, 0.25) is 0 Å². The normalized spacial score (nSPS) is 11.8. The number of carbonyl (C=O) groups is 2. The van der Waals surface area contributed by atoms with Gasteiger partial charge in [0, 0.05) is 54.9 Å². The standard InChI is InChI=1S/C25H25N5O2S3.2C2HF3O2/c1-29(13-11-19-8-3-4-12-26-19)17-20-16-27-25(34-20)21-15-18-7-5-9-22(24(18)28-21)30(2)35(31,32)23-10-6-14-33-23;2*3-2(4,5)1(6)7/h3-10,12,14-16,28H,11,13,17H2,1-2H3;2*(H,6,7). The number of aromatic nitrogens is 3. The Bertz CT molecular complexity index is 1920. The summed E-state index contributed by atoms with van der Waals surface area (Å²) in [5.41, 5.74) is 3.34. The van der Waals surface area contributed by atoms with Gasteiger partial charge in [-0.3, -0.25) is 9.29 Å². The minimum Gasteiger partial charge on any atom is -0.475 e. The van der Waals surface area contributed by atoms with E-state index in [4.69, 9.17) is 19.8 Å². The van der Waals surface area contributed by atoms with Crippen LogP contribution >= 0.6 is 22.7 Å². The summed E-state index contributed by atoms with van der Waals surface area (Å²) < 4.78 is 91.3. The van der Waals surface area contributed by atoms with Crippen LogP contribution in [0.4, 0.5) is 32.0 Å². The molecule has 0 aliphatic carbocycles. The van der Waals surface area contributed by atoms with E-state index in [1.807, 2.05) is 54.9 Å². The number of carboxylic acid groups (broad SMARTS) is 2. The van der Waals surface area contributed by atoms with E-state index < -0.39 is 34.3 Å². The molecule has 0 saturated carbocycles. The number of likely N-dealkylation sites (N-methyl/N-ethyl adjacent to an activating group) is 1. The number of anilines is 1. The van der Waals surface area contributed by atoms with Gasteiger partial charge in [0.15, 0.2) is 0 Å². The molecule has 0 aliphatic rings. The Balaban J connectivity index is 0.000000392. The Labute approximate surface area is 283 Å². The minimum atomic E-state index is -5.08. The molecule has 0 spiro atoms. The lowest BCUT2D eigenvalue weighted by atomic mass is 10.2. The second-order valence-corrected chi connectivity index (χ2v) is 14.1. The molecule has 0 amide bonds. The number of nitrogens with zero attached hydrogens (tertiary/aromatic N) is 4. The first-order chi connectivity index (χ1) is 22.8. The van der Waals surface area contributed by atoms with Crippen molar-refractivity contribution in [3.8, 4) is 10.7 Å². The molecule has 4 heterocycles. The topological polar surface area (TPSA) is 157 Å². The zero-order valence-corrected chi connectivity index (χ0v) is 27.8. The van der Waals surface area contributed by atoms with E-state index in [0.29, 0.717) is 9.90 Å². The van der Waals surface area contributed by atoms with Crippen molar-refractivity contribution in [1.82, 2.24) is 19.9 Å². The van der Waals surface area contributed by atoms with E-state index in [0.717, 1.165) is 46.8 Å². The first-order valence-electron chi connectivity index (χ1n) is 13.6. The van der Waals surface area contributed by atoms with Crippen LogP contribution in [-0.2, 0) is 32.6 Å². The highest BCUT2D eigenvalue weighted by Gasteiger charge is 2.39. The molecule has 3 N–H and O–H groups in total. The van der Waals surface area contributed by atoms with Gasteiger partial charge in [0.25, 0.3) is 10.0 Å². The Kier molecular flexibility index (Phi) is 12.9. The van der Waals surface area contributed by atoms with Crippen molar-refractivity contribution in [2.75, 3.05) is 24.9 Å². The third kappa shape index (κ3) is 11.0. The molecule has 0 radical (unpaired) electrons. The van der Waals surface area contributed by atoms with Crippen LogP contribution in [0.2, 0.25) is 0 Å². The maximum atomic E-state index is 13.1. The molecule has 5 aromatic rings. The second kappa shape index (κ2) is 16.2. The van der Waals surface area contributed by atoms with E-state index in [9.17, 15) is 34.8 Å². The number of aliphatic carboxylic acids is 2. The van der Waals surface area contributed by atoms with Crippen molar-refractivity contribution in [3.63, 3.8) is 0 Å². The highest BCUT2D eigenvalue weighted by molar-refractivity contribution is 7.94. The largest absolute Gasteiger partial charge is 0.490 e. The third-order valence-electron chi connectivity index (χ3n) is 6.25. The summed E-state index contributed by atoms with van der Waals surface area (Å²) >= 11 is 2.85. The number of benzene rings is 1. The number of thiophene rings is 1. The molecule has 4 aromatic heterocycles. The maximum Gasteiger partial charge on any atom is 0.490 e. The zero-order valence-electron chi connectivity index (χ0n) is 25.4. The number of rotatable bonds is 9. The van der Waals surface area contributed by atoms with Gasteiger partial charge in [0.05, 0.1) is 16.9 Å². The van der Waals surface area contributed by atoms with E-state index >= 15 is 0 Å². The van der Waals surface area contributed by atoms with Crippen LogP contribution in [0.5, 0.6) is 0 Å². The Morgan fingerprint density at radius 1 is 0.918 bits per heavy atom. The number of halogens is 6. The van der Waals surface area contributed by atoms with Crippen molar-refractivity contribution in [3.05, 3.63) is 82.9 Å².